The van der Waals surface area contributed by atoms with Crippen LogP contribution in [0, 0.1) is 10.1 Å². The van der Waals surface area contributed by atoms with E-state index in [0.717, 1.165) is 6.42 Å². The van der Waals surface area contributed by atoms with Crippen molar-refractivity contribution in [2.45, 2.75) is 20.3 Å². The van der Waals surface area contributed by atoms with E-state index in [0.29, 0.717) is 12.2 Å². The van der Waals surface area contributed by atoms with Crippen molar-refractivity contribution in [2.75, 3.05) is 24.6 Å². The first-order valence-electron chi connectivity index (χ1n) is 6.09. The molecule has 0 radical (unpaired) electrons. The number of nitro groups is 1. The minimum absolute atomic E-state index is 0.00741. The van der Waals surface area contributed by atoms with Crippen molar-refractivity contribution in [1.82, 2.24) is 4.98 Å². The van der Waals surface area contributed by atoms with Gasteiger partial charge in [-0.15, -0.1) is 0 Å². The van der Waals surface area contributed by atoms with Crippen LogP contribution >= 0.6 is 0 Å². The average Bonchev–Trinajstić information content (AvgIpc) is 2.38. The highest BCUT2D eigenvalue weighted by Gasteiger charge is 2.21. The molecule has 104 valence electrons. The van der Waals surface area contributed by atoms with Gasteiger partial charge in [-0.1, -0.05) is 6.92 Å². The summed E-state index contributed by atoms with van der Waals surface area (Å²) in [6.45, 7) is 4.47. The molecule has 0 N–H and O–H groups in total. The summed E-state index contributed by atoms with van der Waals surface area (Å²) in [6.07, 6.45) is 3.41. The Morgan fingerprint density at radius 3 is 2.84 bits per heavy atom. The van der Waals surface area contributed by atoms with Crippen LogP contribution in [0.5, 0.6) is 0 Å². The Morgan fingerprint density at radius 1 is 1.53 bits per heavy atom. The Hall–Kier alpha value is -2.18. The Balaban J connectivity index is 2.98. The topological polar surface area (TPSA) is 85.6 Å². The van der Waals surface area contributed by atoms with E-state index in [1.165, 1.54) is 18.5 Å². The van der Waals surface area contributed by atoms with Gasteiger partial charge in [0.2, 0.25) is 0 Å². The van der Waals surface area contributed by atoms with Crippen LogP contribution in [0.25, 0.3) is 0 Å². The highest BCUT2D eigenvalue weighted by Crippen LogP contribution is 2.26. The highest BCUT2D eigenvalue weighted by atomic mass is 16.6. The zero-order chi connectivity index (χ0) is 14.3. The molecular formula is C12H17N3O4. The van der Waals surface area contributed by atoms with Gasteiger partial charge in [-0.2, -0.15) is 0 Å². The maximum absolute atomic E-state index is 11.5. The fourth-order valence-electron chi connectivity index (χ4n) is 1.70. The molecule has 1 aromatic rings. The molecule has 0 saturated heterocycles. The molecule has 0 aliphatic carbocycles. The molecule has 0 aliphatic rings. The Kier molecular flexibility index (Phi) is 5.72. The van der Waals surface area contributed by atoms with Gasteiger partial charge < -0.3 is 9.64 Å². The number of hydrogen-bond donors (Lipinski definition) is 0. The lowest BCUT2D eigenvalue weighted by atomic mass is 10.3. The zero-order valence-electron chi connectivity index (χ0n) is 11.0. The van der Waals surface area contributed by atoms with Gasteiger partial charge >= 0.3 is 11.7 Å². The largest absolute Gasteiger partial charge is 0.465 e. The predicted molar refractivity (Wildman–Crippen MR) is 70.0 cm³/mol. The van der Waals surface area contributed by atoms with Gasteiger partial charge in [0.15, 0.2) is 0 Å². The van der Waals surface area contributed by atoms with Gasteiger partial charge in [0, 0.05) is 12.7 Å². The number of hydrogen-bond acceptors (Lipinski definition) is 6. The van der Waals surface area contributed by atoms with Crippen molar-refractivity contribution in [1.29, 1.82) is 0 Å². The molecule has 0 bridgehead atoms. The molecular weight excluding hydrogens is 250 g/mol. The first-order chi connectivity index (χ1) is 9.10. The van der Waals surface area contributed by atoms with Gasteiger partial charge in [0.25, 0.3) is 0 Å². The second-order valence-corrected chi connectivity index (χ2v) is 3.85. The van der Waals surface area contributed by atoms with Crippen molar-refractivity contribution < 1.29 is 14.5 Å². The van der Waals surface area contributed by atoms with Crippen LogP contribution in [0.3, 0.4) is 0 Å². The van der Waals surface area contributed by atoms with Crippen molar-refractivity contribution in [3.63, 3.8) is 0 Å². The molecule has 1 heterocycles. The normalized spacial score (nSPS) is 10.0. The van der Waals surface area contributed by atoms with E-state index in [1.54, 1.807) is 11.8 Å². The van der Waals surface area contributed by atoms with Crippen LogP contribution in [-0.2, 0) is 9.53 Å². The maximum atomic E-state index is 11.5. The fourth-order valence-corrected chi connectivity index (χ4v) is 1.70. The van der Waals surface area contributed by atoms with E-state index in [-0.39, 0.29) is 18.8 Å². The van der Waals surface area contributed by atoms with E-state index in [1.807, 2.05) is 6.92 Å². The number of aromatic nitrogens is 1. The molecule has 0 aromatic carbocycles. The van der Waals surface area contributed by atoms with Gasteiger partial charge in [-0.05, 0) is 19.4 Å². The van der Waals surface area contributed by atoms with Crippen molar-refractivity contribution in [3.8, 4) is 0 Å². The van der Waals surface area contributed by atoms with Crippen LogP contribution in [0.2, 0.25) is 0 Å². The summed E-state index contributed by atoms with van der Waals surface area (Å²) in [7, 11) is 0. The first-order valence-corrected chi connectivity index (χ1v) is 6.09. The third-order valence-corrected chi connectivity index (χ3v) is 2.43. The monoisotopic (exact) mass is 267 g/mol. The van der Waals surface area contributed by atoms with Crippen molar-refractivity contribution >= 4 is 17.3 Å². The van der Waals surface area contributed by atoms with Crippen LogP contribution in [0.4, 0.5) is 11.4 Å². The van der Waals surface area contributed by atoms with E-state index >= 15 is 0 Å². The van der Waals surface area contributed by atoms with Gasteiger partial charge in [0.1, 0.15) is 18.4 Å². The predicted octanol–water partition coefficient (Wildman–Crippen LogP) is 1.77. The number of esters is 1. The number of nitrogens with zero attached hydrogens (tertiary/aromatic N) is 3. The second-order valence-electron chi connectivity index (χ2n) is 3.85. The third kappa shape index (κ3) is 4.20. The Morgan fingerprint density at radius 2 is 2.26 bits per heavy atom. The summed E-state index contributed by atoms with van der Waals surface area (Å²) in [5.41, 5.74) is 0.273. The minimum Gasteiger partial charge on any atom is -0.465 e. The standard InChI is InChI=1S/C12H17N3O4/c1-3-7-14(9-12(16)19-4-2)10-5-6-13-8-11(10)15(17)18/h5-6,8H,3-4,7,9H2,1-2H3. The smallest absolute Gasteiger partial charge is 0.325 e. The number of carbonyl (C=O) groups excluding carboxylic acids is 1. The lowest BCUT2D eigenvalue weighted by Gasteiger charge is -2.22. The number of anilines is 1. The highest BCUT2D eigenvalue weighted by molar-refractivity contribution is 5.77. The number of rotatable bonds is 7. The minimum atomic E-state index is -0.504. The molecule has 0 spiro atoms. The first kappa shape index (κ1) is 14.9. The van der Waals surface area contributed by atoms with Gasteiger partial charge in [-0.25, -0.2) is 0 Å². The van der Waals surface area contributed by atoms with E-state index < -0.39 is 10.9 Å². The fraction of sp³-hybridized carbons (Fsp3) is 0.500. The third-order valence-electron chi connectivity index (χ3n) is 2.43. The summed E-state index contributed by atoms with van der Waals surface area (Å²) in [5.74, 6) is -0.401. The number of carbonyl (C=O) groups is 1. The van der Waals surface area contributed by atoms with Crippen LogP contribution < -0.4 is 4.90 Å². The molecule has 7 heteroatoms. The summed E-state index contributed by atoms with van der Waals surface area (Å²) in [5, 5.41) is 11.0. The number of pyridine rings is 1. The molecule has 0 atom stereocenters. The van der Waals surface area contributed by atoms with E-state index in [4.69, 9.17) is 4.74 Å². The summed E-state index contributed by atoms with van der Waals surface area (Å²) >= 11 is 0. The zero-order valence-corrected chi connectivity index (χ0v) is 11.0. The SMILES string of the molecule is CCCN(CC(=O)OCC)c1ccncc1[N+](=O)[O-]. The van der Waals surface area contributed by atoms with Crippen LogP contribution in [0.1, 0.15) is 20.3 Å². The van der Waals surface area contributed by atoms with E-state index in [2.05, 4.69) is 4.98 Å². The molecule has 0 fully saturated rings. The van der Waals surface area contributed by atoms with Gasteiger partial charge in [-0.3, -0.25) is 19.9 Å². The van der Waals surface area contributed by atoms with Crippen LogP contribution in [-0.4, -0.2) is 35.6 Å². The molecule has 7 nitrogen and oxygen atoms in total. The molecule has 0 aliphatic heterocycles. The second kappa shape index (κ2) is 7.30. The molecule has 0 saturated carbocycles. The lowest BCUT2D eigenvalue weighted by Crippen LogP contribution is -2.32. The molecule has 0 amide bonds. The quantitative estimate of drug-likeness (QED) is 0.425. The maximum Gasteiger partial charge on any atom is 0.325 e. The average molecular weight is 267 g/mol. The lowest BCUT2D eigenvalue weighted by molar-refractivity contribution is -0.384. The Bertz CT molecular complexity index is 450. The summed E-state index contributed by atoms with van der Waals surface area (Å²) < 4.78 is 4.87. The number of ether oxygens (including phenoxy) is 1. The van der Waals surface area contributed by atoms with Crippen LogP contribution in [0.15, 0.2) is 18.5 Å². The summed E-state index contributed by atoms with van der Waals surface area (Å²) in [4.78, 5) is 27.4. The molecule has 1 aromatic heterocycles. The molecule has 19 heavy (non-hydrogen) atoms. The van der Waals surface area contributed by atoms with E-state index in [9.17, 15) is 14.9 Å². The Labute approximate surface area is 111 Å². The molecule has 0 unspecified atom stereocenters. The van der Waals surface area contributed by atoms with Gasteiger partial charge in [0.05, 0.1) is 11.5 Å². The van der Waals surface area contributed by atoms with Crippen molar-refractivity contribution in [2.24, 2.45) is 0 Å². The van der Waals surface area contributed by atoms with Crippen molar-refractivity contribution in [3.05, 3.63) is 28.6 Å². The molecule has 1 rings (SSSR count). The summed E-state index contributed by atoms with van der Waals surface area (Å²) in [6, 6.07) is 1.53.